The number of benzene rings is 4. The molecule has 0 atom stereocenters. The Morgan fingerprint density at radius 1 is 0.621 bits per heavy atom. The fraction of sp³-hybridized carbons (Fsp3) is 0.388. The summed E-state index contributed by atoms with van der Waals surface area (Å²) in [5.74, 6) is 0. The van der Waals surface area contributed by atoms with Gasteiger partial charge in [0.2, 0.25) is 0 Å². The van der Waals surface area contributed by atoms with Gasteiger partial charge in [0, 0.05) is 0 Å². The van der Waals surface area contributed by atoms with Gasteiger partial charge in [-0.15, -0.1) is 16.7 Å². The minimum absolute atomic E-state index is 0. The van der Waals surface area contributed by atoms with Crippen molar-refractivity contribution in [3.63, 3.8) is 0 Å². The largest absolute Gasteiger partial charge is 1.00 e. The van der Waals surface area contributed by atoms with E-state index in [-0.39, 0.29) is 35.6 Å². The summed E-state index contributed by atoms with van der Waals surface area (Å²) < 4.78 is 75.6. The van der Waals surface area contributed by atoms with Crippen LogP contribution in [0.15, 0.2) is 84.9 Å². The summed E-state index contributed by atoms with van der Waals surface area (Å²) in [7, 11) is 0. The number of fused-ring (bicyclic) bond motifs is 3. The van der Waals surface area contributed by atoms with E-state index < -0.39 is 23.5 Å². The second-order valence-electron chi connectivity index (χ2n) is 17.8. The van der Waals surface area contributed by atoms with E-state index in [2.05, 4.69) is 126 Å². The third-order valence-electron chi connectivity index (χ3n) is 10.2. The van der Waals surface area contributed by atoms with E-state index in [9.17, 15) is 26.3 Å². The van der Waals surface area contributed by atoms with Gasteiger partial charge >= 0.3 is 137 Å². The zero-order valence-corrected chi connectivity index (χ0v) is 39.5. The van der Waals surface area contributed by atoms with Crippen molar-refractivity contribution >= 4 is 3.21 Å². The van der Waals surface area contributed by atoms with E-state index in [1.807, 2.05) is 0 Å². The number of aryl methyl sites for hydroxylation is 3. The predicted octanol–water partition coefficient (Wildman–Crippen LogP) is 8.38. The van der Waals surface area contributed by atoms with E-state index in [1.165, 1.54) is 79.9 Å². The van der Waals surface area contributed by atoms with Crippen molar-refractivity contribution in [3.8, 4) is 11.1 Å². The van der Waals surface area contributed by atoms with Crippen molar-refractivity contribution in [2.24, 2.45) is 0 Å². The van der Waals surface area contributed by atoms with E-state index in [0.717, 1.165) is 61.3 Å². The van der Waals surface area contributed by atoms with Gasteiger partial charge in [0.25, 0.3) is 0 Å². The second kappa shape index (κ2) is 19.2. The predicted molar refractivity (Wildman–Crippen MR) is 217 cm³/mol. The van der Waals surface area contributed by atoms with Gasteiger partial charge < -0.3 is 24.8 Å². The molecule has 0 spiro atoms. The Bertz CT molecular complexity index is 2020. The third kappa shape index (κ3) is 12.8. The first kappa shape index (κ1) is 51.3. The van der Waals surface area contributed by atoms with Crippen LogP contribution in [0.25, 0.3) is 11.1 Å². The number of rotatable bonds is 3. The molecule has 58 heavy (non-hydrogen) atoms. The van der Waals surface area contributed by atoms with Gasteiger partial charge in [-0.2, -0.15) is 41.0 Å². The van der Waals surface area contributed by atoms with Crippen LogP contribution in [0.5, 0.6) is 0 Å². The summed E-state index contributed by atoms with van der Waals surface area (Å²) in [6.07, 6.45) is -6.64. The maximum atomic E-state index is 12.5. The maximum absolute atomic E-state index is 12.5. The average molecular weight is 919 g/mol. The molecule has 6 rings (SSSR count). The Labute approximate surface area is 369 Å². The van der Waals surface area contributed by atoms with Crippen LogP contribution in [-0.4, -0.2) is 3.21 Å². The van der Waals surface area contributed by atoms with Crippen molar-refractivity contribution < 1.29 is 75.4 Å². The molecule has 0 heterocycles. The van der Waals surface area contributed by atoms with Gasteiger partial charge in [0.05, 0.1) is 0 Å². The molecule has 0 radical (unpaired) electrons. The van der Waals surface area contributed by atoms with Crippen LogP contribution in [0.4, 0.5) is 26.3 Å². The van der Waals surface area contributed by atoms with Gasteiger partial charge in [0.1, 0.15) is 0 Å². The van der Waals surface area contributed by atoms with Crippen LogP contribution < -0.4 is 24.8 Å². The average Bonchev–Trinajstić information content (AvgIpc) is 3.71. The van der Waals surface area contributed by atoms with Crippen molar-refractivity contribution in [2.75, 3.05) is 0 Å². The van der Waals surface area contributed by atoms with Gasteiger partial charge in [-0.3, -0.25) is 0 Å². The Morgan fingerprint density at radius 3 is 1.43 bits per heavy atom. The molecule has 0 saturated heterocycles. The third-order valence-corrected chi connectivity index (χ3v) is 11.6. The topological polar surface area (TPSA) is 0 Å². The summed E-state index contributed by atoms with van der Waals surface area (Å²) in [6.45, 7) is 27.2. The SMILES string of the molecule is CCc1cc(C(C)(C)C)c[cH-]1.Cc1[c-]c2c(cc1C(C)(C)C)-c1cc(C(C)(C)C)c(C)cc1C2.FC(F)(F)c1ccc([C](=[Zr+2])c2ccc(C(F)(F)F)cc2)cc1.[Cl-].[Cl-]. The first-order valence-electron chi connectivity index (χ1n) is 19.0. The fourth-order valence-corrected chi connectivity index (χ4v) is 7.84. The van der Waals surface area contributed by atoms with Gasteiger partial charge in [0.15, 0.2) is 0 Å². The fourth-order valence-electron chi connectivity index (χ4n) is 7.02. The number of hydrogen-bond donors (Lipinski definition) is 0. The van der Waals surface area contributed by atoms with E-state index in [4.69, 9.17) is 0 Å². The molecule has 0 saturated carbocycles. The molecule has 0 amide bonds. The number of hydrogen-bond acceptors (Lipinski definition) is 0. The molecule has 9 heteroatoms. The molecule has 312 valence electrons. The van der Waals surface area contributed by atoms with Gasteiger partial charge in [-0.25, -0.2) is 6.07 Å². The molecule has 0 fully saturated rings. The molecule has 0 aliphatic heterocycles. The monoisotopic (exact) mass is 916 g/mol. The van der Waals surface area contributed by atoms with E-state index in [1.54, 1.807) is 0 Å². The summed E-state index contributed by atoms with van der Waals surface area (Å²) >= 11 is 0.898. The molecule has 0 nitrogen and oxygen atoms in total. The van der Waals surface area contributed by atoms with E-state index in [0.29, 0.717) is 19.7 Å². The molecule has 0 unspecified atom stereocenters. The Kier molecular flexibility index (Phi) is 17.0. The smallest absolute Gasteiger partial charge is 1.00 e. The molecule has 1 aliphatic carbocycles. The molecule has 5 aromatic rings. The van der Waals surface area contributed by atoms with Crippen LogP contribution in [-0.2, 0) is 65.7 Å². The van der Waals surface area contributed by atoms with Crippen molar-refractivity contribution in [2.45, 2.75) is 125 Å². The summed E-state index contributed by atoms with van der Waals surface area (Å²) in [4.78, 5) is 0. The van der Waals surface area contributed by atoms with Crippen LogP contribution in [0.3, 0.4) is 0 Å². The standard InChI is InChI=1S/C23H29.C15H8F6.C11H17.2ClH.Zr/c1-14-9-16-11-17-10-15(2)21(23(6,7)8)13-19(17)18(16)12-20(14)22(3,4)5;16-14(17,18)12-5-1-10(2-6-12)9-11-3-7-13(8-4-11)15(19,20)21;1-5-9-6-7-10(8-9)11(2,3)4;;;/h9,12-13H,11H2,1-8H3;1-8H;6-8H,5H2,1-4H3;2*1H;/q-1;;-1;;;+2/p-2. The van der Waals surface area contributed by atoms with Crippen molar-refractivity contribution in [3.05, 3.63) is 158 Å². The summed E-state index contributed by atoms with van der Waals surface area (Å²) in [5, 5.41) is 0. The second-order valence-corrected chi connectivity index (χ2v) is 19.1. The first-order chi connectivity index (χ1) is 25.6. The minimum atomic E-state index is -4.41. The normalized spacial score (nSPS) is 12.5. The maximum Gasteiger partial charge on any atom is -1.00 e. The molecule has 0 N–H and O–H groups in total. The zero-order valence-electron chi connectivity index (χ0n) is 35.5. The van der Waals surface area contributed by atoms with Crippen molar-refractivity contribution in [1.29, 1.82) is 0 Å². The van der Waals surface area contributed by atoms with Crippen LogP contribution in [0.2, 0.25) is 0 Å². The quantitative estimate of drug-likeness (QED) is 0.124. The summed E-state index contributed by atoms with van der Waals surface area (Å²) in [6, 6.07) is 26.9. The minimum Gasteiger partial charge on any atom is -1.00 e. The number of alkyl halides is 6. The Balaban J connectivity index is 0.000000312. The Hall–Kier alpha value is -2.86. The van der Waals surface area contributed by atoms with Crippen LogP contribution in [0, 0.1) is 19.9 Å². The molecule has 5 aromatic carbocycles. The van der Waals surface area contributed by atoms with Crippen LogP contribution in [0.1, 0.15) is 136 Å². The van der Waals surface area contributed by atoms with E-state index >= 15 is 0 Å². The zero-order chi connectivity index (χ0) is 42.2. The van der Waals surface area contributed by atoms with Gasteiger partial charge in [-0.05, 0) is 35.4 Å². The molecular formula is C49H54Cl2F6Zr-2. The first-order valence-corrected chi connectivity index (χ1v) is 20.2. The van der Waals surface area contributed by atoms with Crippen molar-refractivity contribution in [1.82, 2.24) is 0 Å². The number of halogens is 8. The Morgan fingerprint density at radius 2 is 1.07 bits per heavy atom. The molecular weight excluding hydrogens is 865 g/mol. The molecule has 0 aromatic heterocycles. The summed E-state index contributed by atoms with van der Waals surface area (Å²) in [5.41, 5.74) is 14.4. The molecule has 1 aliphatic rings. The van der Waals surface area contributed by atoms with Crippen LogP contribution >= 0.6 is 0 Å². The molecule has 0 bridgehead atoms. The van der Waals surface area contributed by atoms with Gasteiger partial charge in [-0.1, -0.05) is 111 Å².